The molecule has 53 heavy (non-hydrogen) atoms. The van der Waals surface area contributed by atoms with E-state index in [1.807, 2.05) is 0 Å². The molecule has 4 fully saturated rings. The standard InChI is InChI=1S/C37H50Cl4O12/c38-30(42)22-9-1-4-12-25(22)34(46)50-18-37(17-49-21-53-29-16-8-7-15-28(29)33(41)45,19-51-35(47)26-13-5-2-10-23(26)31(39)43)20-52-36(48)27-14-6-3-11-24(27)32(40)44/h22-29H,1-21H2. The summed E-state index contributed by atoms with van der Waals surface area (Å²) in [5.74, 6) is -7.15. The number of hydrogen-bond donors (Lipinski definition) is 0. The first kappa shape index (κ1) is 43.9. The lowest BCUT2D eigenvalue weighted by atomic mass is 9.79. The zero-order chi connectivity index (χ0) is 38.5. The topological polar surface area (TPSA) is 166 Å². The molecule has 4 rings (SSSR count). The minimum atomic E-state index is -1.52. The number of carbonyl (C=O) groups excluding carboxylic acids is 7. The van der Waals surface area contributed by atoms with Gasteiger partial charge in [0.2, 0.25) is 21.0 Å². The normalized spacial score (nSPS) is 30.3. The van der Waals surface area contributed by atoms with E-state index in [-0.39, 0.29) is 13.4 Å². The van der Waals surface area contributed by atoms with Crippen molar-refractivity contribution in [3.8, 4) is 0 Å². The smallest absolute Gasteiger partial charge is 0.309 e. The van der Waals surface area contributed by atoms with Gasteiger partial charge in [-0.1, -0.05) is 51.4 Å². The predicted molar refractivity (Wildman–Crippen MR) is 193 cm³/mol. The molecule has 0 radical (unpaired) electrons. The first-order chi connectivity index (χ1) is 25.3. The average molecular weight is 829 g/mol. The molecule has 0 bridgehead atoms. The molecule has 298 valence electrons. The predicted octanol–water partition coefficient (Wildman–Crippen LogP) is 6.63. The molecule has 0 aromatic heterocycles. The second-order valence-corrected chi connectivity index (χ2v) is 16.6. The van der Waals surface area contributed by atoms with Gasteiger partial charge in [-0.2, -0.15) is 0 Å². The highest BCUT2D eigenvalue weighted by Gasteiger charge is 2.44. The first-order valence-corrected chi connectivity index (χ1v) is 20.3. The largest absolute Gasteiger partial charge is 0.464 e. The Labute approximate surface area is 330 Å². The molecule has 0 amide bonds. The maximum atomic E-state index is 13.5. The van der Waals surface area contributed by atoms with Crippen LogP contribution < -0.4 is 0 Å². The molecule has 4 aliphatic carbocycles. The Hall–Kier alpha value is -1.83. The Kier molecular flexibility index (Phi) is 17.8. The number of esters is 3. The number of carbonyl (C=O) groups is 7. The summed E-state index contributed by atoms with van der Waals surface area (Å²) in [6, 6.07) is 0. The van der Waals surface area contributed by atoms with Crippen LogP contribution in [0.1, 0.15) is 103 Å². The summed E-state index contributed by atoms with van der Waals surface area (Å²) in [5.41, 5.74) is -1.52. The third kappa shape index (κ3) is 12.6. The molecule has 16 heteroatoms. The molecule has 0 aliphatic heterocycles. The van der Waals surface area contributed by atoms with Gasteiger partial charge in [0, 0.05) is 17.8 Å². The molecule has 4 aliphatic rings. The molecule has 8 atom stereocenters. The van der Waals surface area contributed by atoms with Crippen molar-refractivity contribution in [1.29, 1.82) is 0 Å². The summed E-state index contributed by atoms with van der Waals surface area (Å²) in [4.78, 5) is 89.3. The summed E-state index contributed by atoms with van der Waals surface area (Å²) in [6.45, 7) is -2.04. The summed E-state index contributed by atoms with van der Waals surface area (Å²) in [5, 5.41) is -2.41. The third-order valence-electron chi connectivity index (χ3n) is 11.4. The zero-order valence-corrected chi connectivity index (χ0v) is 32.9. The average Bonchev–Trinajstić information content (AvgIpc) is 3.16. The van der Waals surface area contributed by atoms with Gasteiger partial charge in [-0.05, 0) is 97.8 Å². The van der Waals surface area contributed by atoms with Crippen molar-refractivity contribution in [3.05, 3.63) is 0 Å². The summed E-state index contributed by atoms with van der Waals surface area (Å²) in [7, 11) is 0. The quantitative estimate of drug-likeness (QED) is 0.0477. The van der Waals surface area contributed by atoms with Crippen LogP contribution in [-0.2, 0) is 57.2 Å². The van der Waals surface area contributed by atoms with Crippen LogP contribution in [0.3, 0.4) is 0 Å². The molecule has 0 aromatic rings. The Morgan fingerprint density at radius 1 is 0.415 bits per heavy atom. The van der Waals surface area contributed by atoms with E-state index < -0.39 is 112 Å². The van der Waals surface area contributed by atoms with Crippen LogP contribution in [0.25, 0.3) is 0 Å². The van der Waals surface area contributed by atoms with Gasteiger partial charge in [0.05, 0.1) is 41.8 Å². The maximum Gasteiger partial charge on any atom is 0.309 e. The van der Waals surface area contributed by atoms with E-state index >= 15 is 0 Å². The van der Waals surface area contributed by atoms with E-state index in [9.17, 15) is 33.6 Å². The molecular weight excluding hydrogens is 778 g/mol. The Morgan fingerprint density at radius 3 is 1.06 bits per heavy atom. The highest BCUT2D eigenvalue weighted by molar-refractivity contribution is 6.65. The van der Waals surface area contributed by atoms with Gasteiger partial charge in [-0.3, -0.25) is 33.6 Å². The molecule has 0 aromatic carbocycles. The zero-order valence-electron chi connectivity index (χ0n) is 29.9. The van der Waals surface area contributed by atoms with Gasteiger partial charge in [-0.15, -0.1) is 0 Å². The van der Waals surface area contributed by atoms with Crippen molar-refractivity contribution in [3.63, 3.8) is 0 Å². The van der Waals surface area contributed by atoms with Crippen LogP contribution in [-0.4, -0.2) is 78.2 Å². The Balaban J connectivity index is 1.57. The second-order valence-electron chi connectivity index (χ2n) is 15.1. The highest BCUT2D eigenvalue weighted by Crippen LogP contribution is 2.37. The van der Waals surface area contributed by atoms with Gasteiger partial charge in [0.1, 0.15) is 26.6 Å². The maximum absolute atomic E-state index is 13.5. The fourth-order valence-corrected chi connectivity index (χ4v) is 9.28. The summed E-state index contributed by atoms with van der Waals surface area (Å²) < 4.78 is 29.4. The monoisotopic (exact) mass is 826 g/mol. The number of halogens is 4. The molecular formula is C37H50Cl4O12. The van der Waals surface area contributed by atoms with Gasteiger partial charge in [-0.25, -0.2) is 0 Å². The minimum absolute atomic E-state index is 0.314. The fourth-order valence-electron chi connectivity index (χ4n) is 8.25. The minimum Gasteiger partial charge on any atom is -0.464 e. The number of rotatable bonds is 18. The van der Waals surface area contributed by atoms with E-state index in [0.717, 1.165) is 32.1 Å². The van der Waals surface area contributed by atoms with Crippen LogP contribution in [0, 0.1) is 46.8 Å². The molecule has 0 heterocycles. The van der Waals surface area contributed by atoms with Gasteiger partial charge < -0.3 is 23.7 Å². The molecule has 4 saturated carbocycles. The number of hydrogen-bond acceptors (Lipinski definition) is 12. The first-order valence-electron chi connectivity index (χ1n) is 18.8. The van der Waals surface area contributed by atoms with Crippen LogP contribution in [0.15, 0.2) is 0 Å². The molecule has 0 spiro atoms. The van der Waals surface area contributed by atoms with Crippen LogP contribution >= 0.6 is 46.4 Å². The third-order valence-corrected chi connectivity index (χ3v) is 12.5. The fraction of sp³-hybridized carbons (Fsp3) is 0.811. The molecule has 8 unspecified atom stereocenters. The van der Waals surface area contributed by atoms with E-state index in [4.69, 9.17) is 70.1 Å². The highest BCUT2D eigenvalue weighted by atomic mass is 35.5. The Bertz CT molecular complexity index is 1200. The van der Waals surface area contributed by atoms with Crippen LogP contribution in [0.5, 0.6) is 0 Å². The lowest BCUT2D eigenvalue weighted by molar-refractivity contribution is -0.185. The van der Waals surface area contributed by atoms with Crippen LogP contribution in [0.4, 0.5) is 0 Å². The molecule has 0 N–H and O–H groups in total. The van der Waals surface area contributed by atoms with Gasteiger partial charge >= 0.3 is 17.9 Å². The second kappa shape index (κ2) is 21.5. The SMILES string of the molecule is O=C(Cl)C1CCCCC1OCOCC(COC(=O)C1CCCCC1C(=O)Cl)(COC(=O)C1CCCCC1C(=O)Cl)COC(=O)C1CCCCC1C(=O)Cl. The van der Waals surface area contributed by atoms with Crippen molar-refractivity contribution < 1.29 is 57.2 Å². The van der Waals surface area contributed by atoms with Crippen molar-refractivity contribution in [2.24, 2.45) is 46.8 Å². The Morgan fingerprint density at radius 2 is 0.717 bits per heavy atom. The van der Waals surface area contributed by atoms with E-state index in [2.05, 4.69) is 0 Å². The summed E-state index contributed by atoms with van der Waals surface area (Å²) in [6.07, 6.45) is 9.07. The lowest BCUT2D eigenvalue weighted by Crippen LogP contribution is -2.46. The van der Waals surface area contributed by atoms with Gasteiger partial charge in [0.25, 0.3) is 0 Å². The van der Waals surface area contributed by atoms with E-state index in [1.165, 1.54) is 0 Å². The van der Waals surface area contributed by atoms with E-state index in [0.29, 0.717) is 70.6 Å². The van der Waals surface area contributed by atoms with Crippen molar-refractivity contribution in [1.82, 2.24) is 0 Å². The lowest BCUT2D eigenvalue weighted by Gasteiger charge is -2.36. The van der Waals surface area contributed by atoms with E-state index in [1.54, 1.807) is 0 Å². The van der Waals surface area contributed by atoms with Crippen LogP contribution in [0.2, 0.25) is 0 Å². The van der Waals surface area contributed by atoms with Crippen molar-refractivity contribution in [2.45, 2.75) is 109 Å². The van der Waals surface area contributed by atoms with Crippen molar-refractivity contribution in [2.75, 3.05) is 33.2 Å². The molecule has 12 nitrogen and oxygen atoms in total. The van der Waals surface area contributed by atoms with Gasteiger partial charge in [0.15, 0.2) is 0 Å². The molecule has 0 saturated heterocycles. The number of ether oxygens (including phenoxy) is 5. The summed E-state index contributed by atoms with van der Waals surface area (Å²) >= 11 is 23.4. The van der Waals surface area contributed by atoms with Crippen molar-refractivity contribution >= 4 is 85.3 Å².